The number of aliphatic imine (C=N–C) groups is 1. The highest BCUT2D eigenvalue weighted by Crippen LogP contribution is 2.28. The fourth-order valence-corrected chi connectivity index (χ4v) is 3.93. The molecule has 1 aromatic rings. The molecule has 0 aromatic heterocycles. The highest BCUT2D eigenvalue weighted by atomic mass is 19.1. The molecule has 154 valence electrons. The van der Waals surface area contributed by atoms with E-state index in [-0.39, 0.29) is 11.7 Å². The average Bonchev–Trinajstić information content (AvgIpc) is 3.05. The number of nitrogens with one attached hydrogen (secondary N) is 1. The van der Waals surface area contributed by atoms with Crippen LogP contribution in [0.4, 0.5) is 10.1 Å². The summed E-state index contributed by atoms with van der Waals surface area (Å²) in [5, 5.41) is 3.34. The Morgan fingerprint density at radius 3 is 2.36 bits per heavy atom. The number of carbonyl (C=O) groups excluding carboxylic acids is 1. The van der Waals surface area contributed by atoms with Crippen molar-refractivity contribution in [2.45, 2.75) is 26.7 Å². The van der Waals surface area contributed by atoms with E-state index in [1.165, 1.54) is 12.1 Å². The van der Waals surface area contributed by atoms with Gasteiger partial charge in [0.1, 0.15) is 5.82 Å². The molecule has 1 N–H and O–H groups in total. The van der Waals surface area contributed by atoms with Crippen LogP contribution >= 0.6 is 0 Å². The van der Waals surface area contributed by atoms with Crippen LogP contribution in [0.5, 0.6) is 0 Å². The minimum absolute atomic E-state index is 0.170. The van der Waals surface area contributed by atoms with Crippen LogP contribution in [0, 0.1) is 11.2 Å². The summed E-state index contributed by atoms with van der Waals surface area (Å²) >= 11 is 0. The Morgan fingerprint density at radius 2 is 1.79 bits per heavy atom. The molecule has 0 atom stereocenters. The lowest BCUT2D eigenvalue weighted by Gasteiger charge is -2.36. The van der Waals surface area contributed by atoms with Crippen LogP contribution in [0.1, 0.15) is 26.7 Å². The van der Waals surface area contributed by atoms with Gasteiger partial charge in [-0.1, -0.05) is 13.8 Å². The number of benzene rings is 1. The van der Waals surface area contributed by atoms with Gasteiger partial charge in [0.05, 0.1) is 0 Å². The van der Waals surface area contributed by atoms with Gasteiger partial charge in [0.25, 0.3) is 0 Å². The number of halogens is 1. The predicted molar refractivity (Wildman–Crippen MR) is 111 cm³/mol. The van der Waals surface area contributed by atoms with Crippen LogP contribution in [-0.2, 0) is 4.79 Å². The molecular weight excluding hydrogens is 357 g/mol. The van der Waals surface area contributed by atoms with Crippen molar-refractivity contribution in [2.24, 2.45) is 10.4 Å². The van der Waals surface area contributed by atoms with Gasteiger partial charge in [0.15, 0.2) is 5.96 Å². The summed E-state index contributed by atoms with van der Waals surface area (Å²) in [6.45, 7) is 10.1. The molecule has 1 aromatic carbocycles. The summed E-state index contributed by atoms with van der Waals surface area (Å²) in [5.41, 5.74) is 1.32. The molecule has 6 nitrogen and oxygen atoms in total. The zero-order valence-electron chi connectivity index (χ0n) is 17.2. The second-order valence-corrected chi connectivity index (χ2v) is 8.40. The molecule has 0 saturated carbocycles. The molecule has 2 fully saturated rings. The van der Waals surface area contributed by atoms with Gasteiger partial charge in [-0.3, -0.25) is 9.79 Å². The van der Waals surface area contributed by atoms with E-state index in [2.05, 4.69) is 34.0 Å². The van der Waals surface area contributed by atoms with Crippen molar-refractivity contribution < 1.29 is 9.18 Å². The van der Waals surface area contributed by atoms with Crippen LogP contribution < -0.4 is 10.2 Å². The van der Waals surface area contributed by atoms with Crippen molar-refractivity contribution in [1.82, 2.24) is 15.1 Å². The molecule has 7 heteroatoms. The number of rotatable bonds is 4. The molecule has 28 heavy (non-hydrogen) atoms. The van der Waals surface area contributed by atoms with Crippen molar-refractivity contribution in [3.8, 4) is 0 Å². The lowest BCUT2D eigenvalue weighted by atomic mass is 9.93. The fourth-order valence-electron chi connectivity index (χ4n) is 3.93. The molecule has 2 saturated heterocycles. The standard InChI is InChI=1S/C21H32FN5O/c1-21(2)9-11-27(16-21)20(23-3)24-10-8-19(28)26-14-12-25(13-15-26)18-6-4-17(22)5-7-18/h4-7H,8-16H2,1-3H3,(H,23,24). The first-order chi connectivity index (χ1) is 13.4. The van der Waals surface area contributed by atoms with Gasteiger partial charge in [0.2, 0.25) is 5.91 Å². The Hall–Kier alpha value is -2.31. The van der Waals surface area contributed by atoms with Gasteiger partial charge < -0.3 is 20.0 Å². The second-order valence-electron chi connectivity index (χ2n) is 8.40. The molecule has 2 heterocycles. The van der Waals surface area contributed by atoms with E-state index in [9.17, 15) is 9.18 Å². The van der Waals surface area contributed by atoms with Gasteiger partial charge >= 0.3 is 0 Å². The van der Waals surface area contributed by atoms with Gasteiger partial charge in [-0.05, 0) is 36.1 Å². The summed E-state index contributed by atoms with van der Waals surface area (Å²) in [6, 6.07) is 6.55. The molecule has 2 aliphatic rings. The predicted octanol–water partition coefficient (Wildman–Crippen LogP) is 2.17. The maximum atomic E-state index is 13.1. The van der Waals surface area contributed by atoms with Crippen molar-refractivity contribution in [3.63, 3.8) is 0 Å². The van der Waals surface area contributed by atoms with Crippen molar-refractivity contribution in [2.75, 3.05) is 57.8 Å². The van der Waals surface area contributed by atoms with Crippen LogP contribution in [0.25, 0.3) is 0 Å². The van der Waals surface area contributed by atoms with Crippen molar-refractivity contribution in [3.05, 3.63) is 30.1 Å². The minimum atomic E-state index is -0.224. The summed E-state index contributed by atoms with van der Waals surface area (Å²) in [4.78, 5) is 23.3. The summed E-state index contributed by atoms with van der Waals surface area (Å²) in [6.07, 6.45) is 1.62. The van der Waals surface area contributed by atoms with E-state index < -0.39 is 0 Å². The van der Waals surface area contributed by atoms with Gasteiger partial charge in [-0.15, -0.1) is 0 Å². The molecule has 0 spiro atoms. The maximum absolute atomic E-state index is 13.1. The third kappa shape index (κ3) is 5.14. The quantitative estimate of drug-likeness (QED) is 0.633. The molecule has 0 radical (unpaired) electrons. The number of nitrogens with zero attached hydrogens (tertiary/aromatic N) is 4. The zero-order chi connectivity index (χ0) is 20.1. The largest absolute Gasteiger partial charge is 0.368 e. The lowest BCUT2D eigenvalue weighted by molar-refractivity contribution is -0.131. The monoisotopic (exact) mass is 389 g/mol. The minimum Gasteiger partial charge on any atom is -0.368 e. The Morgan fingerprint density at radius 1 is 1.11 bits per heavy atom. The third-order valence-electron chi connectivity index (χ3n) is 5.63. The van der Waals surface area contributed by atoms with E-state index in [1.54, 1.807) is 19.2 Å². The number of hydrogen-bond acceptors (Lipinski definition) is 3. The van der Waals surface area contributed by atoms with E-state index in [0.717, 1.165) is 44.2 Å². The number of amides is 1. The summed E-state index contributed by atoms with van der Waals surface area (Å²) < 4.78 is 13.1. The number of carbonyl (C=O) groups is 1. The molecular formula is C21H32FN5O. The van der Waals surface area contributed by atoms with Crippen LogP contribution in [-0.4, -0.2) is 74.5 Å². The SMILES string of the molecule is CN=C(NCCC(=O)N1CCN(c2ccc(F)cc2)CC1)N1CCC(C)(C)C1. The summed E-state index contributed by atoms with van der Waals surface area (Å²) in [7, 11) is 1.80. The molecule has 3 rings (SSSR count). The first-order valence-corrected chi connectivity index (χ1v) is 10.1. The Kier molecular flexibility index (Phi) is 6.42. The number of piperazine rings is 1. The lowest BCUT2D eigenvalue weighted by Crippen LogP contribution is -2.49. The zero-order valence-corrected chi connectivity index (χ0v) is 17.2. The average molecular weight is 390 g/mol. The topological polar surface area (TPSA) is 51.2 Å². The van der Waals surface area contributed by atoms with E-state index in [0.29, 0.717) is 31.5 Å². The molecule has 0 bridgehead atoms. The van der Waals surface area contributed by atoms with Gasteiger partial charge in [-0.25, -0.2) is 4.39 Å². The molecule has 0 aliphatic carbocycles. The van der Waals surface area contributed by atoms with Crippen molar-refractivity contribution >= 4 is 17.6 Å². The summed E-state index contributed by atoms with van der Waals surface area (Å²) in [5.74, 6) is 0.834. The van der Waals surface area contributed by atoms with E-state index in [4.69, 9.17) is 0 Å². The molecule has 2 aliphatic heterocycles. The highest BCUT2D eigenvalue weighted by Gasteiger charge is 2.31. The first kappa shape index (κ1) is 20.4. The fraction of sp³-hybridized carbons (Fsp3) is 0.619. The number of hydrogen-bond donors (Lipinski definition) is 1. The van der Waals surface area contributed by atoms with E-state index in [1.807, 2.05) is 4.90 Å². The van der Waals surface area contributed by atoms with Gasteiger partial charge in [-0.2, -0.15) is 0 Å². The van der Waals surface area contributed by atoms with Gasteiger partial charge in [0, 0.05) is 65.0 Å². The van der Waals surface area contributed by atoms with Crippen LogP contribution in [0.3, 0.4) is 0 Å². The van der Waals surface area contributed by atoms with Crippen LogP contribution in [0.2, 0.25) is 0 Å². The highest BCUT2D eigenvalue weighted by molar-refractivity contribution is 5.81. The molecule has 1 amide bonds. The maximum Gasteiger partial charge on any atom is 0.224 e. The smallest absolute Gasteiger partial charge is 0.224 e. The molecule has 0 unspecified atom stereocenters. The first-order valence-electron chi connectivity index (χ1n) is 10.1. The Balaban J connectivity index is 1.40. The Labute approximate surface area is 167 Å². The van der Waals surface area contributed by atoms with Crippen molar-refractivity contribution in [1.29, 1.82) is 0 Å². The third-order valence-corrected chi connectivity index (χ3v) is 5.63. The van der Waals surface area contributed by atoms with E-state index >= 15 is 0 Å². The number of guanidine groups is 1. The van der Waals surface area contributed by atoms with Crippen LogP contribution in [0.15, 0.2) is 29.3 Å². The Bertz CT molecular complexity index is 695. The number of likely N-dealkylation sites (tertiary alicyclic amines) is 1. The second kappa shape index (κ2) is 8.80. The normalized spacial score (nSPS) is 19.9. The number of anilines is 1.